The summed E-state index contributed by atoms with van der Waals surface area (Å²) in [7, 11) is -0.826. The number of hydrogen-bond donors (Lipinski definition) is 1. The molecule has 0 spiro atoms. The van der Waals surface area contributed by atoms with Crippen LogP contribution >= 0.6 is 12.4 Å². The van der Waals surface area contributed by atoms with E-state index < -0.39 is 10.0 Å². The van der Waals surface area contributed by atoms with E-state index in [1.165, 1.54) is 42.7 Å². The van der Waals surface area contributed by atoms with Gasteiger partial charge in [-0.2, -0.15) is 0 Å². The van der Waals surface area contributed by atoms with Crippen LogP contribution in [0.25, 0.3) is 0 Å². The highest BCUT2D eigenvalue weighted by molar-refractivity contribution is 7.92. The number of rotatable bonds is 5. The lowest BCUT2D eigenvalue weighted by Gasteiger charge is -2.22. The minimum Gasteiger partial charge on any atom is -0.495 e. The molecule has 1 aliphatic heterocycles. The number of hydrogen-bond acceptors (Lipinski definition) is 5. The topological polar surface area (TPSA) is 92.9 Å². The molecule has 3 rings (SSSR count). The van der Waals surface area contributed by atoms with Crippen molar-refractivity contribution in [1.29, 1.82) is 0 Å². The molecule has 28 heavy (non-hydrogen) atoms. The third kappa shape index (κ3) is 4.24. The van der Waals surface area contributed by atoms with Crippen molar-refractivity contribution in [3.8, 4) is 5.75 Å². The molecule has 0 aliphatic carbocycles. The summed E-state index contributed by atoms with van der Waals surface area (Å²) in [5.74, 6) is 0.325. The minimum absolute atomic E-state index is 0. The van der Waals surface area contributed by atoms with Gasteiger partial charge in [-0.05, 0) is 42.8 Å². The first-order chi connectivity index (χ1) is 12.8. The third-order valence-corrected chi connectivity index (χ3v) is 6.48. The lowest BCUT2D eigenvalue weighted by atomic mass is 10.2. The molecule has 0 bridgehead atoms. The number of methoxy groups -OCH3 is 1. The Morgan fingerprint density at radius 3 is 2.39 bits per heavy atom. The normalized spacial score (nSPS) is 16.4. The molecule has 1 aliphatic rings. The molecule has 0 aromatic heterocycles. The zero-order chi connectivity index (χ0) is 19.6. The minimum atomic E-state index is -3.79. The van der Waals surface area contributed by atoms with Gasteiger partial charge < -0.3 is 15.4 Å². The van der Waals surface area contributed by atoms with Crippen molar-refractivity contribution >= 4 is 34.0 Å². The second-order valence-corrected chi connectivity index (χ2v) is 8.44. The molecular weight excluding hydrogens is 402 g/mol. The van der Waals surface area contributed by atoms with Crippen molar-refractivity contribution < 1.29 is 17.9 Å². The second-order valence-electron chi connectivity index (χ2n) is 6.47. The lowest BCUT2D eigenvalue weighted by molar-refractivity contribution is 0.0791. The van der Waals surface area contributed by atoms with Crippen LogP contribution in [0, 0.1) is 0 Å². The van der Waals surface area contributed by atoms with E-state index in [1.54, 1.807) is 29.2 Å². The van der Waals surface area contributed by atoms with Crippen molar-refractivity contribution in [3.63, 3.8) is 0 Å². The first-order valence-corrected chi connectivity index (χ1v) is 10.1. The van der Waals surface area contributed by atoms with Crippen LogP contribution in [0.15, 0.2) is 53.4 Å². The number of ether oxygens (including phenoxy) is 1. The summed E-state index contributed by atoms with van der Waals surface area (Å²) in [5.41, 5.74) is 6.73. The van der Waals surface area contributed by atoms with Gasteiger partial charge in [0.15, 0.2) is 0 Å². The number of carbonyl (C=O) groups is 1. The molecule has 2 aromatic rings. The van der Waals surface area contributed by atoms with Crippen molar-refractivity contribution in [1.82, 2.24) is 4.90 Å². The SMILES string of the molecule is COc1ccccc1N(C)S(=O)(=O)c1ccc(C(=O)N2CC[C@@H](N)C2)cc1.Cl. The average molecular weight is 426 g/mol. The van der Waals surface area contributed by atoms with Crippen LogP contribution in [-0.4, -0.2) is 52.5 Å². The van der Waals surface area contributed by atoms with E-state index >= 15 is 0 Å². The molecule has 1 fully saturated rings. The van der Waals surface area contributed by atoms with E-state index in [1.807, 2.05) is 0 Å². The number of para-hydroxylation sites is 2. The fourth-order valence-electron chi connectivity index (χ4n) is 3.10. The Balaban J connectivity index is 0.00000280. The van der Waals surface area contributed by atoms with Gasteiger partial charge in [-0.3, -0.25) is 9.10 Å². The Kier molecular flexibility index (Phi) is 6.92. The van der Waals surface area contributed by atoms with Crippen LogP contribution < -0.4 is 14.8 Å². The summed E-state index contributed by atoms with van der Waals surface area (Å²) < 4.78 is 32.3. The van der Waals surface area contributed by atoms with Gasteiger partial charge in [-0.15, -0.1) is 12.4 Å². The van der Waals surface area contributed by atoms with Crippen LogP contribution in [0.4, 0.5) is 5.69 Å². The number of amides is 1. The van der Waals surface area contributed by atoms with E-state index in [9.17, 15) is 13.2 Å². The first kappa shape index (κ1) is 22.0. The quantitative estimate of drug-likeness (QED) is 0.791. The van der Waals surface area contributed by atoms with Gasteiger partial charge in [0.2, 0.25) is 0 Å². The fraction of sp³-hybridized carbons (Fsp3) is 0.316. The fourth-order valence-corrected chi connectivity index (χ4v) is 4.31. The van der Waals surface area contributed by atoms with Crippen LogP contribution in [0.5, 0.6) is 5.75 Å². The van der Waals surface area contributed by atoms with Gasteiger partial charge in [0, 0.05) is 31.7 Å². The summed E-state index contributed by atoms with van der Waals surface area (Å²) in [5, 5.41) is 0. The van der Waals surface area contributed by atoms with Crippen molar-refractivity contribution in [2.24, 2.45) is 5.73 Å². The monoisotopic (exact) mass is 425 g/mol. The zero-order valence-electron chi connectivity index (χ0n) is 15.7. The highest BCUT2D eigenvalue weighted by Crippen LogP contribution is 2.31. The molecule has 1 amide bonds. The number of likely N-dealkylation sites (tertiary alicyclic amines) is 1. The van der Waals surface area contributed by atoms with Gasteiger partial charge in [-0.25, -0.2) is 8.42 Å². The number of carbonyl (C=O) groups excluding carboxylic acids is 1. The lowest BCUT2D eigenvalue weighted by Crippen LogP contribution is -2.32. The van der Waals surface area contributed by atoms with Crippen molar-refractivity contribution in [2.75, 3.05) is 31.6 Å². The number of nitrogens with two attached hydrogens (primary N) is 1. The molecule has 0 saturated carbocycles. The number of benzene rings is 2. The molecule has 152 valence electrons. The smallest absolute Gasteiger partial charge is 0.264 e. The largest absolute Gasteiger partial charge is 0.495 e. The highest BCUT2D eigenvalue weighted by Gasteiger charge is 2.26. The highest BCUT2D eigenvalue weighted by atomic mass is 35.5. The van der Waals surface area contributed by atoms with Gasteiger partial charge in [0.1, 0.15) is 5.75 Å². The molecule has 2 aromatic carbocycles. The van der Waals surface area contributed by atoms with Crippen LogP contribution in [0.1, 0.15) is 16.8 Å². The van der Waals surface area contributed by atoms with E-state index in [-0.39, 0.29) is 29.3 Å². The Labute approximate surface area is 171 Å². The standard InChI is InChI=1S/C19H23N3O4S.ClH/c1-21(17-5-3-4-6-18(17)26-2)27(24,25)16-9-7-14(8-10-16)19(23)22-12-11-15(20)13-22;/h3-10,15H,11-13,20H2,1-2H3;1H/t15-;/m1./s1. The Hall–Kier alpha value is -2.29. The molecule has 9 heteroatoms. The third-order valence-electron chi connectivity index (χ3n) is 4.70. The van der Waals surface area contributed by atoms with Gasteiger partial charge in [0.25, 0.3) is 15.9 Å². The van der Waals surface area contributed by atoms with Crippen LogP contribution in [0.3, 0.4) is 0 Å². The van der Waals surface area contributed by atoms with E-state index in [0.717, 1.165) is 6.42 Å². The van der Waals surface area contributed by atoms with Crippen LogP contribution in [0.2, 0.25) is 0 Å². The molecule has 2 N–H and O–H groups in total. The molecule has 1 atom stereocenters. The van der Waals surface area contributed by atoms with E-state index in [2.05, 4.69) is 0 Å². The Bertz CT molecular complexity index is 934. The molecule has 1 saturated heterocycles. The van der Waals surface area contributed by atoms with Crippen molar-refractivity contribution in [2.45, 2.75) is 17.4 Å². The summed E-state index contributed by atoms with van der Waals surface area (Å²) in [6.07, 6.45) is 0.780. The van der Waals surface area contributed by atoms with Gasteiger partial charge in [-0.1, -0.05) is 12.1 Å². The summed E-state index contributed by atoms with van der Waals surface area (Å²) in [4.78, 5) is 14.3. The first-order valence-electron chi connectivity index (χ1n) is 8.61. The number of sulfonamides is 1. The molecule has 0 unspecified atom stereocenters. The summed E-state index contributed by atoms with van der Waals surface area (Å²) in [6.45, 7) is 1.14. The molecule has 0 radical (unpaired) electrons. The average Bonchev–Trinajstić information content (AvgIpc) is 3.13. The second kappa shape index (κ2) is 8.81. The van der Waals surface area contributed by atoms with E-state index in [4.69, 9.17) is 10.5 Å². The molecule has 7 nitrogen and oxygen atoms in total. The zero-order valence-corrected chi connectivity index (χ0v) is 17.4. The summed E-state index contributed by atoms with van der Waals surface area (Å²) >= 11 is 0. The van der Waals surface area contributed by atoms with Crippen molar-refractivity contribution in [3.05, 3.63) is 54.1 Å². The number of anilines is 1. The molecule has 1 heterocycles. The Morgan fingerprint density at radius 1 is 1.18 bits per heavy atom. The number of nitrogens with zero attached hydrogens (tertiary/aromatic N) is 2. The van der Waals surface area contributed by atoms with Crippen LogP contribution in [-0.2, 0) is 10.0 Å². The van der Waals surface area contributed by atoms with Gasteiger partial charge in [0.05, 0.1) is 17.7 Å². The summed E-state index contributed by atoms with van der Waals surface area (Å²) in [6, 6.07) is 12.9. The maximum atomic E-state index is 12.9. The number of halogens is 1. The maximum Gasteiger partial charge on any atom is 0.264 e. The predicted octanol–water partition coefficient (Wildman–Crippen LogP) is 2.12. The maximum absolute atomic E-state index is 12.9. The van der Waals surface area contributed by atoms with E-state index in [0.29, 0.717) is 30.1 Å². The predicted molar refractivity (Wildman–Crippen MR) is 111 cm³/mol. The Morgan fingerprint density at radius 2 is 1.82 bits per heavy atom. The van der Waals surface area contributed by atoms with Gasteiger partial charge >= 0.3 is 0 Å². The molecular formula is C19H24ClN3O4S.